The van der Waals surface area contributed by atoms with E-state index in [0.717, 1.165) is 19.6 Å². The number of quaternary nitrogens is 1. The third-order valence-electron chi connectivity index (χ3n) is 5.12. The zero-order chi connectivity index (χ0) is 20.6. The molecule has 2 heterocycles. The fourth-order valence-electron chi connectivity index (χ4n) is 3.33. The number of hydrogen-bond donors (Lipinski definition) is 3. The van der Waals surface area contributed by atoms with Crippen LogP contribution >= 0.6 is 0 Å². The van der Waals surface area contributed by atoms with E-state index >= 15 is 0 Å². The number of amides is 3. The summed E-state index contributed by atoms with van der Waals surface area (Å²) < 4.78 is 4.95. The molecule has 1 fully saturated rings. The molecule has 0 atom stereocenters. The van der Waals surface area contributed by atoms with E-state index in [9.17, 15) is 14.4 Å². The number of nitrogens with one attached hydrogen (secondary N) is 3. The molecule has 3 amide bonds. The summed E-state index contributed by atoms with van der Waals surface area (Å²) in [6, 6.07) is 11.5. The Bertz CT molecular complexity index is 842. The number of hydrogen-bond acceptors (Lipinski definition) is 4. The minimum Gasteiger partial charge on any atom is -0.459 e. The molecule has 2 aromatic rings. The second-order valence-corrected chi connectivity index (χ2v) is 7.17. The van der Waals surface area contributed by atoms with Gasteiger partial charge in [0.2, 0.25) is 11.8 Å². The zero-order valence-corrected chi connectivity index (χ0v) is 16.6. The second-order valence-electron chi connectivity index (χ2n) is 7.17. The van der Waals surface area contributed by atoms with Crippen molar-refractivity contribution in [2.75, 3.05) is 39.3 Å². The van der Waals surface area contributed by atoms with Gasteiger partial charge >= 0.3 is 0 Å². The average Bonchev–Trinajstić information content (AvgIpc) is 3.27. The van der Waals surface area contributed by atoms with Gasteiger partial charge in [0.05, 0.1) is 45.5 Å². The molecule has 1 aromatic carbocycles. The lowest BCUT2D eigenvalue weighted by Gasteiger charge is -2.32. The van der Waals surface area contributed by atoms with Crippen molar-refractivity contribution in [2.24, 2.45) is 0 Å². The number of aryl methyl sites for hydroxylation is 1. The minimum atomic E-state index is -0.468. The van der Waals surface area contributed by atoms with Crippen molar-refractivity contribution < 1.29 is 23.7 Å². The highest BCUT2D eigenvalue weighted by Gasteiger charge is 2.24. The first-order valence-corrected chi connectivity index (χ1v) is 9.77. The molecule has 0 radical (unpaired) electrons. The number of benzene rings is 1. The average molecular weight is 399 g/mol. The molecule has 1 aliphatic rings. The fourth-order valence-corrected chi connectivity index (χ4v) is 3.33. The lowest BCUT2D eigenvalue weighted by molar-refractivity contribution is -0.917. The lowest BCUT2D eigenvalue weighted by Crippen LogP contribution is -3.13. The number of carbonyl (C=O) groups is 3. The summed E-state index contributed by atoms with van der Waals surface area (Å²) >= 11 is 0. The minimum absolute atomic E-state index is 0.0669. The van der Waals surface area contributed by atoms with Crippen LogP contribution in [0.25, 0.3) is 0 Å². The normalized spacial score (nSPS) is 14.4. The predicted molar refractivity (Wildman–Crippen MR) is 106 cm³/mol. The monoisotopic (exact) mass is 399 g/mol. The van der Waals surface area contributed by atoms with Crippen LogP contribution in [0.3, 0.4) is 0 Å². The summed E-state index contributed by atoms with van der Waals surface area (Å²) in [4.78, 5) is 39.2. The van der Waals surface area contributed by atoms with Gasteiger partial charge in [-0.25, -0.2) is 0 Å². The van der Waals surface area contributed by atoms with Gasteiger partial charge in [-0.1, -0.05) is 24.3 Å². The maximum atomic E-state index is 12.3. The van der Waals surface area contributed by atoms with E-state index in [1.807, 2.05) is 6.07 Å². The summed E-state index contributed by atoms with van der Waals surface area (Å²) in [5.41, 5.74) is 2.63. The Hall–Kier alpha value is -3.13. The summed E-state index contributed by atoms with van der Waals surface area (Å²) in [7, 11) is 0. The molecule has 8 heteroatoms. The first kappa shape index (κ1) is 20.6. The van der Waals surface area contributed by atoms with Gasteiger partial charge in [0.25, 0.3) is 5.91 Å². The van der Waals surface area contributed by atoms with E-state index < -0.39 is 11.8 Å². The van der Waals surface area contributed by atoms with Crippen LogP contribution in [0, 0.1) is 6.92 Å². The van der Waals surface area contributed by atoms with Crippen LogP contribution < -0.4 is 15.5 Å². The number of carbonyl (C=O) groups excluding carboxylic acids is 3. The molecule has 1 aromatic heterocycles. The van der Waals surface area contributed by atoms with Crippen LogP contribution in [0.5, 0.6) is 0 Å². The highest BCUT2D eigenvalue weighted by Crippen LogP contribution is 2.05. The van der Waals surface area contributed by atoms with Gasteiger partial charge in [-0.15, -0.1) is 0 Å². The number of nitrogens with zero attached hydrogens (tertiary/aromatic N) is 1. The van der Waals surface area contributed by atoms with Crippen molar-refractivity contribution in [3.8, 4) is 0 Å². The standard InChI is InChI=1S/C21H26N4O4/c1-16-5-2-3-6-17(16)15-24-8-10-25(11-9-24)20(27)14-22-19(26)13-23-21(28)18-7-4-12-29-18/h2-7,12H,8-11,13-15H2,1H3,(H,22,26)(H,23,28)/p+1. The van der Waals surface area contributed by atoms with Crippen LogP contribution in [0.2, 0.25) is 0 Å². The van der Waals surface area contributed by atoms with Crippen LogP contribution in [-0.2, 0) is 16.1 Å². The Balaban J connectivity index is 1.34. The highest BCUT2D eigenvalue weighted by molar-refractivity contribution is 5.94. The maximum absolute atomic E-state index is 12.3. The summed E-state index contributed by atoms with van der Waals surface area (Å²) in [6.45, 7) is 5.91. The van der Waals surface area contributed by atoms with Gasteiger partial charge < -0.3 is 24.9 Å². The number of furan rings is 1. The van der Waals surface area contributed by atoms with E-state index in [-0.39, 0.29) is 24.8 Å². The molecule has 0 unspecified atom stereocenters. The molecule has 1 aliphatic heterocycles. The molecule has 0 aliphatic carbocycles. The first-order valence-electron chi connectivity index (χ1n) is 9.77. The van der Waals surface area contributed by atoms with Crippen LogP contribution in [0.1, 0.15) is 21.7 Å². The fraction of sp³-hybridized carbons (Fsp3) is 0.381. The Kier molecular flexibility index (Phi) is 7.02. The summed E-state index contributed by atoms with van der Waals surface area (Å²) in [6.07, 6.45) is 1.39. The molecule has 8 nitrogen and oxygen atoms in total. The van der Waals surface area contributed by atoms with E-state index in [1.54, 1.807) is 11.0 Å². The predicted octanol–water partition coefficient (Wildman–Crippen LogP) is -0.639. The van der Waals surface area contributed by atoms with Crippen molar-refractivity contribution >= 4 is 17.7 Å². The van der Waals surface area contributed by atoms with Crippen molar-refractivity contribution in [3.63, 3.8) is 0 Å². The van der Waals surface area contributed by atoms with E-state index in [4.69, 9.17) is 4.42 Å². The zero-order valence-electron chi connectivity index (χ0n) is 16.6. The molecular formula is C21H27N4O4+. The second kappa shape index (κ2) is 9.88. The third kappa shape index (κ3) is 5.92. The molecule has 0 bridgehead atoms. The van der Waals surface area contributed by atoms with Crippen LogP contribution in [0.15, 0.2) is 47.1 Å². The Morgan fingerprint density at radius 1 is 1.03 bits per heavy atom. The topological polar surface area (TPSA) is 96.1 Å². The van der Waals surface area contributed by atoms with Gasteiger partial charge in [0, 0.05) is 5.56 Å². The maximum Gasteiger partial charge on any atom is 0.287 e. The summed E-state index contributed by atoms with van der Waals surface area (Å²) in [5, 5.41) is 5.01. The van der Waals surface area contributed by atoms with Gasteiger partial charge in [-0.3, -0.25) is 14.4 Å². The van der Waals surface area contributed by atoms with E-state index in [1.165, 1.54) is 28.4 Å². The summed E-state index contributed by atoms with van der Waals surface area (Å²) in [5.74, 6) is -0.850. The largest absolute Gasteiger partial charge is 0.459 e. The van der Waals surface area contributed by atoms with Crippen molar-refractivity contribution in [1.82, 2.24) is 15.5 Å². The molecule has 1 saturated heterocycles. The lowest BCUT2D eigenvalue weighted by atomic mass is 10.1. The Morgan fingerprint density at radius 2 is 1.79 bits per heavy atom. The highest BCUT2D eigenvalue weighted by atomic mass is 16.3. The van der Waals surface area contributed by atoms with E-state index in [2.05, 4.69) is 35.8 Å². The van der Waals surface area contributed by atoms with Gasteiger partial charge in [-0.2, -0.15) is 0 Å². The molecule has 3 rings (SSSR count). The molecule has 3 N–H and O–H groups in total. The van der Waals surface area contributed by atoms with Gasteiger partial charge in [0.1, 0.15) is 6.54 Å². The van der Waals surface area contributed by atoms with Crippen molar-refractivity contribution in [2.45, 2.75) is 13.5 Å². The molecule has 29 heavy (non-hydrogen) atoms. The SMILES string of the molecule is Cc1ccccc1C[NH+]1CCN(C(=O)CNC(=O)CNC(=O)c2ccco2)CC1. The van der Waals surface area contributed by atoms with Gasteiger partial charge in [0.15, 0.2) is 5.76 Å². The number of rotatable bonds is 7. The first-order chi connectivity index (χ1) is 14.0. The van der Waals surface area contributed by atoms with Gasteiger partial charge in [-0.05, 0) is 24.6 Å². The van der Waals surface area contributed by atoms with Crippen LogP contribution in [0.4, 0.5) is 0 Å². The Labute approximate surface area is 169 Å². The molecule has 0 spiro atoms. The van der Waals surface area contributed by atoms with Crippen molar-refractivity contribution in [1.29, 1.82) is 0 Å². The molecular weight excluding hydrogens is 372 g/mol. The quantitative estimate of drug-likeness (QED) is 0.577. The van der Waals surface area contributed by atoms with E-state index in [0.29, 0.717) is 13.1 Å². The Morgan fingerprint density at radius 3 is 2.48 bits per heavy atom. The van der Waals surface area contributed by atoms with Crippen molar-refractivity contribution in [3.05, 3.63) is 59.5 Å². The number of piperazine rings is 1. The molecule has 154 valence electrons. The van der Waals surface area contributed by atoms with Crippen LogP contribution in [-0.4, -0.2) is 61.9 Å². The smallest absolute Gasteiger partial charge is 0.287 e. The molecule has 0 saturated carbocycles. The third-order valence-corrected chi connectivity index (χ3v) is 5.12.